The van der Waals surface area contributed by atoms with E-state index in [2.05, 4.69) is 22.6 Å². The lowest BCUT2D eigenvalue weighted by atomic mass is 10.6. The third kappa shape index (κ3) is 1.26. The maximum absolute atomic E-state index is 3.98. The smallest absolute Gasteiger partial charge is 0.156 e. The highest BCUT2D eigenvalue weighted by molar-refractivity contribution is 8.02. The van der Waals surface area contributed by atoms with Gasteiger partial charge in [0.15, 0.2) is 5.50 Å². The molecule has 0 saturated heterocycles. The van der Waals surface area contributed by atoms with E-state index in [1.807, 2.05) is 17.1 Å². The number of nitrogens with zero attached hydrogens (tertiary/aromatic N) is 2. The highest BCUT2D eigenvalue weighted by atomic mass is 32.2. The first-order valence-electron chi connectivity index (χ1n) is 3.42. The molecule has 1 atom stereocenters. The zero-order chi connectivity index (χ0) is 7.68. The number of imidazole rings is 1. The third-order valence-electron chi connectivity index (χ3n) is 1.52. The second-order valence-electron chi connectivity index (χ2n) is 2.44. The molecular weight excluding hydrogens is 158 g/mol. The molecule has 4 heteroatoms. The van der Waals surface area contributed by atoms with Crippen molar-refractivity contribution in [1.29, 1.82) is 0 Å². The van der Waals surface area contributed by atoms with Crippen LogP contribution in [0.1, 0.15) is 12.4 Å². The summed E-state index contributed by atoms with van der Waals surface area (Å²) in [6.45, 7) is 2.06. The first kappa shape index (κ1) is 6.79. The minimum Gasteiger partial charge on any atom is -0.359 e. The number of hydrogen-bond acceptors (Lipinski definition) is 3. The normalized spacial score (nSPS) is 23.0. The van der Waals surface area contributed by atoms with Gasteiger partial charge in [0.2, 0.25) is 0 Å². The Morgan fingerprint density at radius 2 is 2.64 bits per heavy atom. The number of rotatable bonds is 1. The summed E-state index contributed by atoms with van der Waals surface area (Å²) in [4.78, 5) is 3.98. The van der Waals surface area contributed by atoms with Gasteiger partial charge < -0.3 is 9.88 Å². The highest BCUT2D eigenvalue weighted by Crippen LogP contribution is 2.28. The van der Waals surface area contributed by atoms with Crippen molar-refractivity contribution in [1.82, 2.24) is 14.9 Å². The van der Waals surface area contributed by atoms with E-state index in [0.29, 0.717) is 5.50 Å². The molecule has 11 heavy (non-hydrogen) atoms. The van der Waals surface area contributed by atoms with Crippen LogP contribution in [0.25, 0.3) is 0 Å². The van der Waals surface area contributed by atoms with Crippen molar-refractivity contribution in [2.75, 3.05) is 0 Å². The minimum atomic E-state index is 0.303. The van der Waals surface area contributed by atoms with Gasteiger partial charge in [-0.1, -0.05) is 11.8 Å². The molecule has 1 aromatic rings. The molecule has 1 N–H and O–H groups in total. The average molecular weight is 167 g/mol. The van der Waals surface area contributed by atoms with Crippen molar-refractivity contribution in [2.24, 2.45) is 0 Å². The van der Waals surface area contributed by atoms with Crippen LogP contribution in [0.5, 0.6) is 0 Å². The van der Waals surface area contributed by atoms with Gasteiger partial charge in [-0.05, 0) is 12.3 Å². The summed E-state index contributed by atoms with van der Waals surface area (Å²) in [5.74, 6) is 0. The maximum Gasteiger partial charge on any atom is 0.156 e. The second-order valence-corrected chi connectivity index (χ2v) is 3.40. The molecule has 1 aliphatic rings. The van der Waals surface area contributed by atoms with Crippen LogP contribution in [0.15, 0.2) is 29.8 Å². The Kier molecular flexibility index (Phi) is 1.62. The molecule has 3 nitrogen and oxygen atoms in total. The third-order valence-corrected chi connectivity index (χ3v) is 2.63. The molecule has 2 heterocycles. The Bertz CT molecular complexity index is 265. The van der Waals surface area contributed by atoms with Gasteiger partial charge in [-0.3, -0.25) is 0 Å². The van der Waals surface area contributed by atoms with Gasteiger partial charge in [-0.15, -0.1) is 0 Å². The van der Waals surface area contributed by atoms with Gasteiger partial charge in [-0.2, -0.15) is 0 Å². The molecule has 0 amide bonds. The van der Waals surface area contributed by atoms with Crippen LogP contribution in [0.4, 0.5) is 0 Å². The predicted molar refractivity (Wildman–Crippen MR) is 45.7 cm³/mol. The summed E-state index contributed by atoms with van der Waals surface area (Å²) >= 11 is 1.76. The quantitative estimate of drug-likeness (QED) is 0.688. The molecule has 2 rings (SSSR count). The van der Waals surface area contributed by atoms with Gasteiger partial charge >= 0.3 is 0 Å². The van der Waals surface area contributed by atoms with Crippen LogP contribution in [0, 0.1) is 0 Å². The first-order chi connectivity index (χ1) is 5.36. The lowest BCUT2D eigenvalue weighted by Crippen LogP contribution is -2.16. The Morgan fingerprint density at radius 3 is 3.18 bits per heavy atom. The molecule has 1 aromatic heterocycles. The summed E-state index contributed by atoms with van der Waals surface area (Å²) in [6.07, 6.45) is 5.56. The number of nitrogens with one attached hydrogen (secondary N) is 1. The summed E-state index contributed by atoms with van der Waals surface area (Å²) in [7, 11) is 0. The lowest BCUT2D eigenvalue weighted by molar-refractivity contribution is 0.611. The molecule has 1 aliphatic heterocycles. The number of allylic oxidation sites excluding steroid dienone is 1. The zero-order valence-electron chi connectivity index (χ0n) is 6.19. The average Bonchev–Trinajstić information content (AvgIpc) is 2.55. The molecule has 0 spiro atoms. The van der Waals surface area contributed by atoms with Gasteiger partial charge in [-0.25, -0.2) is 4.98 Å². The Balaban J connectivity index is 2.11. The van der Waals surface area contributed by atoms with E-state index in [0.717, 1.165) is 0 Å². The number of hydrogen-bond donors (Lipinski definition) is 1. The minimum absolute atomic E-state index is 0.303. The fraction of sp³-hybridized carbons (Fsp3) is 0.286. The summed E-state index contributed by atoms with van der Waals surface area (Å²) in [5.41, 5.74) is 1.52. The SMILES string of the molecule is CC1=CSC(n2ccnc2)N1. The van der Waals surface area contributed by atoms with Gasteiger partial charge in [0.1, 0.15) is 0 Å². The van der Waals surface area contributed by atoms with Crippen molar-refractivity contribution in [3.63, 3.8) is 0 Å². The van der Waals surface area contributed by atoms with Crippen LogP contribution in [0.2, 0.25) is 0 Å². The van der Waals surface area contributed by atoms with Crippen LogP contribution in [-0.2, 0) is 0 Å². The molecule has 0 bridgehead atoms. The predicted octanol–water partition coefficient (Wildman–Crippen LogP) is 1.54. The van der Waals surface area contributed by atoms with Crippen LogP contribution >= 0.6 is 11.8 Å². The standard InChI is InChI=1S/C7H9N3S/c1-6-4-11-7(9-6)10-3-2-8-5-10/h2-5,7,9H,1H3. The Labute approximate surface area is 69.5 Å². The van der Waals surface area contributed by atoms with Crippen molar-refractivity contribution >= 4 is 11.8 Å². The van der Waals surface area contributed by atoms with Gasteiger partial charge in [0, 0.05) is 18.1 Å². The van der Waals surface area contributed by atoms with Gasteiger partial charge in [0.05, 0.1) is 6.33 Å². The maximum atomic E-state index is 3.98. The van der Waals surface area contributed by atoms with E-state index >= 15 is 0 Å². The fourth-order valence-corrected chi connectivity index (χ4v) is 1.90. The van der Waals surface area contributed by atoms with E-state index < -0.39 is 0 Å². The summed E-state index contributed by atoms with van der Waals surface area (Å²) in [5, 5.41) is 5.42. The summed E-state index contributed by atoms with van der Waals surface area (Å²) < 4.78 is 2.04. The molecule has 0 fully saturated rings. The van der Waals surface area contributed by atoms with E-state index in [1.54, 1.807) is 18.0 Å². The summed E-state index contributed by atoms with van der Waals surface area (Å²) in [6, 6.07) is 0. The van der Waals surface area contributed by atoms with E-state index in [-0.39, 0.29) is 0 Å². The monoisotopic (exact) mass is 167 g/mol. The first-order valence-corrected chi connectivity index (χ1v) is 4.37. The van der Waals surface area contributed by atoms with Crippen molar-refractivity contribution in [3.05, 3.63) is 29.8 Å². The number of thioether (sulfide) groups is 1. The Hall–Kier alpha value is -0.900. The van der Waals surface area contributed by atoms with Crippen molar-refractivity contribution < 1.29 is 0 Å². The van der Waals surface area contributed by atoms with Crippen molar-refractivity contribution in [3.8, 4) is 0 Å². The molecule has 58 valence electrons. The molecule has 0 radical (unpaired) electrons. The van der Waals surface area contributed by atoms with E-state index in [4.69, 9.17) is 0 Å². The van der Waals surface area contributed by atoms with Crippen LogP contribution < -0.4 is 5.32 Å². The van der Waals surface area contributed by atoms with Gasteiger partial charge in [0.25, 0.3) is 0 Å². The van der Waals surface area contributed by atoms with Crippen molar-refractivity contribution in [2.45, 2.75) is 12.4 Å². The molecule has 0 aliphatic carbocycles. The largest absolute Gasteiger partial charge is 0.359 e. The fourth-order valence-electron chi connectivity index (χ4n) is 0.982. The van der Waals surface area contributed by atoms with E-state index in [1.165, 1.54) is 5.70 Å². The van der Waals surface area contributed by atoms with Crippen LogP contribution in [0.3, 0.4) is 0 Å². The second kappa shape index (κ2) is 2.62. The Morgan fingerprint density at radius 1 is 1.73 bits per heavy atom. The topological polar surface area (TPSA) is 29.9 Å². The molecule has 1 unspecified atom stereocenters. The molecule has 0 aromatic carbocycles. The van der Waals surface area contributed by atoms with Crippen LogP contribution in [-0.4, -0.2) is 9.55 Å². The lowest BCUT2D eigenvalue weighted by Gasteiger charge is -2.11. The molecular formula is C7H9N3S. The number of aromatic nitrogens is 2. The van der Waals surface area contributed by atoms with E-state index in [9.17, 15) is 0 Å². The zero-order valence-corrected chi connectivity index (χ0v) is 7.01. The molecule has 0 saturated carbocycles. The highest BCUT2D eigenvalue weighted by Gasteiger charge is 2.13.